The summed E-state index contributed by atoms with van der Waals surface area (Å²) in [4.78, 5) is 2.58. The van der Waals surface area contributed by atoms with Crippen LogP contribution in [0.3, 0.4) is 0 Å². The predicted octanol–water partition coefficient (Wildman–Crippen LogP) is 6.79. The number of aryl methyl sites for hydroxylation is 1. The molecule has 0 amide bonds. The van der Waals surface area contributed by atoms with Crippen molar-refractivity contribution in [1.29, 1.82) is 0 Å². The molecule has 1 aliphatic rings. The molecule has 1 nitrogen and oxygen atoms in total. The minimum absolute atomic E-state index is 0.403. The molecule has 27 heavy (non-hydrogen) atoms. The average molecular weight is 384 g/mol. The van der Waals surface area contributed by atoms with Crippen LogP contribution in [0, 0.1) is 0 Å². The number of nitrogens with zero attached hydrogens (tertiary/aromatic N) is 1. The van der Waals surface area contributed by atoms with E-state index >= 15 is 0 Å². The van der Waals surface area contributed by atoms with E-state index < -0.39 is 0 Å². The van der Waals surface area contributed by atoms with Crippen molar-refractivity contribution in [1.82, 2.24) is 4.90 Å². The van der Waals surface area contributed by atoms with Gasteiger partial charge in [0.2, 0.25) is 0 Å². The second kappa shape index (κ2) is 10.3. The van der Waals surface area contributed by atoms with Crippen LogP contribution in [0.2, 0.25) is 0 Å². The summed E-state index contributed by atoms with van der Waals surface area (Å²) < 4.78 is 0. The van der Waals surface area contributed by atoms with Gasteiger partial charge in [-0.15, -0.1) is 11.6 Å². The summed E-state index contributed by atoms with van der Waals surface area (Å²) in [5, 5.41) is 0.403. The fourth-order valence-electron chi connectivity index (χ4n) is 4.17. The summed E-state index contributed by atoms with van der Waals surface area (Å²) in [6.45, 7) is 6.79. The molecule has 0 saturated heterocycles. The lowest BCUT2D eigenvalue weighted by molar-refractivity contribution is 0.210. The highest BCUT2D eigenvalue weighted by molar-refractivity contribution is 6.20. The Kier molecular flexibility index (Phi) is 7.79. The van der Waals surface area contributed by atoms with Crippen LogP contribution in [-0.2, 0) is 13.0 Å². The zero-order valence-electron chi connectivity index (χ0n) is 16.9. The van der Waals surface area contributed by atoms with Crippen molar-refractivity contribution in [2.45, 2.75) is 76.3 Å². The van der Waals surface area contributed by atoms with Crippen molar-refractivity contribution in [3.05, 3.63) is 71.3 Å². The molecule has 1 saturated carbocycles. The first-order valence-electron chi connectivity index (χ1n) is 10.6. The van der Waals surface area contributed by atoms with Crippen molar-refractivity contribution in [3.8, 4) is 0 Å². The van der Waals surface area contributed by atoms with E-state index in [0.29, 0.717) is 11.4 Å². The summed E-state index contributed by atoms with van der Waals surface area (Å²) in [6, 6.07) is 20.8. The maximum absolute atomic E-state index is 6.25. The fourth-order valence-corrected chi connectivity index (χ4v) is 4.42. The van der Waals surface area contributed by atoms with E-state index in [1.165, 1.54) is 48.8 Å². The quantitative estimate of drug-likeness (QED) is 0.453. The zero-order chi connectivity index (χ0) is 19.1. The van der Waals surface area contributed by atoms with Crippen LogP contribution in [0.25, 0.3) is 0 Å². The van der Waals surface area contributed by atoms with Gasteiger partial charge in [0, 0.05) is 18.0 Å². The first kappa shape index (κ1) is 20.4. The molecule has 0 N–H and O–H groups in total. The average Bonchev–Trinajstić information content (AvgIpc) is 2.69. The maximum atomic E-state index is 6.25. The normalized spacial score (nSPS) is 20.3. The molecule has 0 heterocycles. The molecular weight excluding hydrogens is 350 g/mol. The minimum atomic E-state index is 0.403. The second-order valence-corrected chi connectivity index (χ2v) is 8.96. The van der Waals surface area contributed by atoms with E-state index in [0.717, 1.165) is 25.4 Å². The van der Waals surface area contributed by atoms with Crippen molar-refractivity contribution >= 4 is 11.6 Å². The molecule has 2 aromatic carbocycles. The van der Waals surface area contributed by atoms with Crippen molar-refractivity contribution in [2.75, 3.05) is 6.54 Å². The summed E-state index contributed by atoms with van der Waals surface area (Å²) >= 11 is 6.25. The summed E-state index contributed by atoms with van der Waals surface area (Å²) in [5.41, 5.74) is 4.38. The first-order valence-corrected chi connectivity index (χ1v) is 11.1. The number of hydrogen-bond acceptors (Lipinski definition) is 1. The van der Waals surface area contributed by atoms with Crippen LogP contribution >= 0.6 is 11.6 Å². The first-order chi connectivity index (χ1) is 13.1. The Morgan fingerprint density at radius 3 is 2.19 bits per heavy atom. The third-order valence-corrected chi connectivity index (χ3v) is 6.41. The Labute approximate surface area is 170 Å². The fraction of sp³-hybridized carbons (Fsp3) is 0.520. The Balaban J connectivity index is 1.47. The topological polar surface area (TPSA) is 3.24 Å². The Bertz CT molecular complexity index is 656. The standard InChI is InChI=1S/C25H34ClN/c1-20(2)27(19-22-7-4-3-5-8-22)18-6-9-21-10-12-23(13-11-21)24-14-16-25(26)17-15-24/h3-5,7-8,10-13,20,24-25H,6,9,14-19H2,1-2H3. The van der Waals surface area contributed by atoms with Crippen LogP contribution in [0.4, 0.5) is 0 Å². The number of rotatable bonds is 8. The van der Waals surface area contributed by atoms with Gasteiger partial charge < -0.3 is 0 Å². The molecule has 0 unspecified atom stereocenters. The van der Waals surface area contributed by atoms with Crippen molar-refractivity contribution in [2.24, 2.45) is 0 Å². The number of benzene rings is 2. The van der Waals surface area contributed by atoms with Gasteiger partial charge in [-0.2, -0.15) is 0 Å². The van der Waals surface area contributed by atoms with Crippen LogP contribution in [-0.4, -0.2) is 22.9 Å². The molecular formula is C25H34ClN. The summed E-state index contributed by atoms with van der Waals surface area (Å²) in [5.74, 6) is 0.719. The van der Waals surface area contributed by atoms with Gasteiger partial charge in [-0.1, -0.05) is 54.6 Å². The monoisotopic (exact) mass is 383 g/mol. The highest BCUT2D eigenvalue weighted by Crippen LogP contribution is 2.34. The van der Waals surface area contributed by atoms with Crippen molar-refractivity contribution < 1.29 is 0 Å². The molecule has 0 bridgehead atoms. The van der Waals surface area contributed by atoms with Crippen LogP contribution in [0.1, 0.15) is 68.6 Å². The molecule has 0 spiro atoms. The second-order valence-electron chi connectivity index (χ2n) is 8.34. The largest absolute Gasteiger partial charge is 0.297 e. The Hall–Kier alpha value is -1.31. The molecule has 0 atom stereocenters. The molecule has 0 radical (unpaired) electrons. The van der Waals surface area contributed by atoms with Gasteiger partial charge in [-0.3, -0.25) is 4.90 Å². The number of hydrogen-bond donors (Lipinski definition) is 0. The van der Waals surface area contributed by atoms with Crippen molar-refractivity contribution in [3.63, 3.8) is 0 Å². The van der Waals surface area contributed by atoms with Gasteiger partial charge in [-0.05, 0) is 81.5 Å². The molecule has 0 aromatic heterocycles. The number of halogens is 1. The van der Waals surface area contributed by atoms with Crippen LogP contribution in [0.15, 0.2) is 54.6 Å². The third-order valence-electron chi connectivity index (χ3n) is 5.98. The lowest BCUT2D eigenvalue weighted by Gasteiger charge is -2.27. The molecule has 1 fully saturated rings. The van der Waals surface area contributed by atoms with E-state index in [9.17, 15) is 0 Å². The Morgan fingerprint density at radius 1 is 0.889 bits per heavy atom. The smallest absolute Gasteiger partial charge is 0.0336 e. The van der Waals surface area contributed by atoms with Gasteiger partial charge in [0.15, 0.2) is 0 Å². The van der Waals surface area contributed by atoms with E-state index in [4.69, 9.17) is 11.6 Å². The molecule has 1 aliphatic carbocycles. The van der Waals surface area contributed by atoms with E-state index in [2.05, 4.69) is 73.3 Å². The zero-order valence-corrected chi connectivity index (χ0v) is 17.7. The van der Waals surface area contributed by atoms with E-state index in [1.54, 1.807) is 0 Å². The van der Waals surface area contributed by atoms with Gasteiger partial charge in [0.05, 0.1) is 0 Å². The van der Waals surface area contributed by atoms with Gasteiger partial charge in [0.25, 0.3) is 0 Å². The predicted molar refractivity (Wildman–Crippen MR) is 118 cm³/mol. The molecule has 2 heteroatoms. The highest BCUT2D eigenvalue weighted by atomic mass is 35.5. The summed E-state index contributed by atoms with van der Waals surface area (Å²) in [7, 11) is 0. The lowest BCUT2D eigenvalue weighted by atomic mass is 9.83. The maximum Gasteiger partial charge on any atom is 0.0336 e. The SMILES string of the molecule is CC(C)N(CCCc1ccc(C2CCC(Cl)CC2)cc1)Cc1ccccc1. The van der Waals surface area contributed by atoms with E-state index in [-0.39, 0.29) is 0 Å². The third kappa shape index (κ3) is 6.36. The molecule has 2 aromatic rings. The van der Waals surface area contributed by atoms with Gasteiger partial charge in [-0.25, -0.2) is 0 Å². The van der Waals surface area contributed by atoms with E-state index in [1.807, 2.05) is 0 Å². The van der Waals surface area contributed by atoms with Gasteiger partial charge in [0.1, 0.15) is 0 Å². The van der Waals surface area contributed by atoms with Crippen LogP contribution in [0.5, 0.6) is 0 Å². The minimum Gasteiger partial charge on any atom is -0.297 e. The lowest BCUT2D eigenvalue weighted by Crippen LogP contribution is -2.31. The molecule has 146 valence electrons. The van der Waals surface area contributed by atoms with Crippen LogP contribution < -0.4 is 0 Å². The molecule has 3 rings (SSSR count). The van der Waals surface area contributed by atoms with Gasteiger partial charge >= 0.3 is 0 Å². The molecule has 0 aliphatic heterocycles. The highest BCUT2D eigenvalue weighted by Gasteiger charge is 2.20. The summed E-state index contributed by atoms with van der Waals surface area (Å²) in [6.07, 6.45) is 7.20. The number of alkyl halides is 1. The Morgan fingerprint density at radius 2 is 1.56 bits per heavy atom.